The first-order valence-electron chi connectivity index (χ1n) is 13.0. The molecule has 1 aliphatic rings. The molecule has 2 rings (SSSR count). The highest BCUT2D eigenvalue weighted by Crippen LogP contribution is 2.39. The molecule has 0 spiro atoms. The third-order valence-electron chi connectivity index (χ3n) is 5.96. The molecule has 4 heteroatoms. The van der Waals surface area contributed by atoms with E-state index < -0.39 is 0 Å². The molecule has 0 saturated carbocycles. The minimum Gasteiger partial charge on any atom is -0.264 e. The van der Waals surface area contributed by atoms with E-state index in [-0.39, 0.29) is 38.8 Å². The molecule has 4 nitrogen and oxygen atoms in total. The number of aromatic nitrogens is 2. The first-order valence-corrected chi connectivity index (χ1v) is 13.0. The van der Waals surface area contributed by atoms with Gasteiger partial charge in [0.1, 0.15) is 6.04 Å². The maximum Gasteiger partial charge on any atom is 0.212 e. The highest BCUT2D eigenvalue weighted by atomic mass is 15.4. The number of hydrogen-bond donors (Lipinski definition) is 0. The van der Waals surface area contributed by atoms with E-state index in [1.807, 2.05) is 0 Å². The van der Waals surface area contributed by atoms with E-state index in [9.17, 15) is 0 Å². The second kappa shape index (κ2) is 9.21. The second-order valence-corrected chi connectivity index (χ2v) is 16.2. The molecule has 34 heavy (non-hydrogen) atoms. The van der Waals surface area contributed by atoms with Gasteiger partial charge in [-0.1, -0.05) is 87.8 Å². The average molecular weight is 474 g/mol. The number of azo groups is 2. The smallest absolute Gasteiger partial charge is 0.212 e. The van der Waals surface area contributed by atoms with E-state index in [1.54, 1.807) is 0 Å². The van der Waals surface area contributed by atoms with Crippen molar-refractivity contribution in [3.63, 3.8) is 0 Å². The van der Waals surface area contributed by atoms with E-state index in [2.05, 4.69) is 146 Å². The Morgan fingerprint density at radius 1 is 0.676 bits per heavy atom. The zero-order chi connectivity index (χ0) is 27.3. The van der Waals surface area contributed by atoms with Crippen LogP contribution in [0.1, 0.15) is 136 Å². The predicted octanol–water partition coefficient (Wildman–Crippen LogP) is 8.84. The number of rotatable bonds is 0. The maximum absolute atomic E-state index is 4.92. The van der Waals surface area contributed by atoms with Gasteiger partial charge >= 0.3 is 0 Å². The van der Waals surface area contributed by atoms with Crippen molar-refractivity contribution in [2.24, 2.45) is 15.9 Å². The number of hydrogen-bond acceptors (Lipinski definition) is 2. The lowest BCUT2D eigenvalue weighted by molar-refractivity contribution is -0.619. The lowest BCUT2D eigenvalue weighted by Gasteiger charge is -2.28. The molecule has 0 N–H and O–H groups in total. The average Bonchev–Trinajstić information content (AvgIpc) is 3.18. The zero-order valence-electron chi connectivity index (χ0n) is 26.0. The van der Waals surface area contributed by atoms with Gasteiger partial charge in [0.05, 0.1) is 11.2 Å². The van der Waals surface area contributed by atoms with Crippen molar-refractivity contribution in [2.45, 2.75) is 153 Å². The molecule has 196 valence electrons. The van der Waals surface area contributed by atoms with E-state index in [4.69, 9.17) is 10.2 Å². The van der Waals surface area contributed by atoms with Crippen LogP contribution in [-0.4, -0.2) is 26.1 Å². The summed E-state index contributed by atoms with van der Waals surface area (Å²) in [5, 5.41) is 9.76. The fraction of sp³-hybridized carbons (Fsp3) is 0.833. The van der Waals surface area contributed by atoms with Crippen LogP contribution in [0.25, 0.3) is 0 Å². The van der Waals surface area contributed by atoms with Crippen LogP contribution in [0, 0.1) is 10.8 Å². The molecule has 1 aliphatic heterocycles. The Kier molecular flexibility index (Phi) is 8.28. The highest BCUT2D eigenvalue weighted by molar-refractivity contribution is 5.24. The Morgan fingerprint density at radius 2 is 1.15 bits per heavy atom. The molecule has 0 saturated heterocycles. The first kappa shape index (κ1) is 30.6. The number of allylic oxidation sites excluding steroid dienone is 1. The Bertz CT molecular complexity index is 838. The quantitative estimate of drug-likeness (QED) is 0.346. The van der Waals surface area contributed by atoms with Crippen molar-refractivity contribution in [3.05, 3.63) is 29.2 Å². The van der Waals surface area contributed by atoms with Gasteiger partial charge in [-0.25, -0.2) is 0 Å². The fourth-order valence-corrected chi connectivity index (χ4v) is 3.76. The van der Waals surface area contributed by atoms with Crippen molar-refractivity contribution in [3.8, 4) is 0 Å². The van der Waals surface area contributed by atoms with Gasteiger partial charge in [0.15, 0.2) is 5.54 Å². The molecule has 2 heterocycles. The van der Waals surface area contributed by atoms with Gasteiger partial charge in [-0.2, -0.15) is 5.10 Å². The van der Waals surface area contributed by atoms with Crippen LogP contribution in [-0.2, 0) is 16.4 Å². The van der Waals surface area contributed by atoms with Gasteiger partial charge < -0.3 is 0 Å². The summed E-state index contributed by atoms with van der Waals surface area (Å²) in [6, 6.07) is 2.56. The SMILES string of the molecule is CC(C)(C)C1=CC(C(C)(C)C)N=[N+]1C(C)(C)C.CC(C)(C)c1cc(C(C)(C)C)n(C(C)(C)C)n1. The summed E-state index contributed by atoms with van der Waals surface area (Å²) in [7, 11) is 0. The van der Waals surface area contributed by atoms with Crippen LogP contribution in [0.15, 0.2) is 23.0 Å². The van der Waals surface area contributed by atoms with Crippen LogP contribution >= 0.6 is 0 Å². The second-order valence-electron chi connectivity index (χ2n) is 16.2. The normalized spacial score (nSPS) is 18.4. The van der Waals surface area contributed by atoms with Gasteiger partial charge in [0.25, 0.3) is 0 Å². The predicted molar refractivity (Wildman–Crippen MR) is 148 cm³/mol. The Morgan fingerprint density at radius 3 is 1.38 bits per heavy atom. The van der Waals surface area contributed by atoms with E-state index in [1.165, 1.54) is 17.1 Å². The third kappa shape index (κ3) is 7.78. The Hall–Kier alpha value is -1.45. The molecule has 1 atom stereocenters. The molecule has 1 aromatic heterocycles. The molecule has 0 radical (unpaired) electrons. The van der Waals surface area contributed by atoms with Crippen molar-refractivity contribution in [2.75, 3.05) is 0 Å². The maximum atomic E-state index is 4.92. The van der Waals surface area contributed by atoms with Gasteiger partial charge in [-0.05, 0) is 37.4 Å². The molecular formula is C30H57N4+. The summed E-state index contributed by atoms with van der Waals surface area (Å²) in [6.45, 7) is 40.2. The van der Waals surface area contributed by atoms with Crippen LogP contribution in [0.2, 0.25) is 0 Å². The van der Waals surface area contributed by atoms with Gasteiger partial charge in [-0.15, -0.1) is 0 Å². The third-order valence-corrected chi connectivity index (χ3v) is 5.96. The minimum absolute atomic E-state index is 0.0338. The topological polar surface area (TPSA) is 33.2 Å². The van der Waals surface area contributed by atoms with E-state index >= 15 is 0 Å². The molecule has 0 aliphatic carbocycles. The standard InChI is InChI=1S/C15H29N2.C15H28N2/c2*1-13(2,3)11-10-12(14(4,5)6)17(16-11)15(7,8)9/h10-11H,1-9H3;10H,1-9H3/q+1;. The lowest BCUT2D eigenvalue weighted by atomic mass is 9.84. The number of nitrogens with zero attached hydrogens (tertiary/aromatic N) is 4. The molecule has 1 aromatic rings. The van der Waals surface area contributed by atoms with Crippen LogP contribution in [0.4, 0.5) is 0 Å². The summed E-state index contributed by atoms with van der Waals surface area (Å²) in [4.78, 5) is 0. The van der Waals surface area contributed by atoms with Gasteiger partial charge in [0.2, 0.25) is 5.70 Å². The molecule has 0 amide bonds. The van der Waals surface area contributed by atoms with Crippen LogP contribution in [0.3, 0.4) is 0 Å². The van der Waals surface area contributed by atoms with Crippen molar-refractivity contribution in [1.29, 1.82) is 0 Å². The Labute approximate surface area is 212 Å². The molecule has 0 fully saturated rings. The first-order chi connectivity index (χ1) is 14.7. The summed E-state index contributed by atoms with van der Waals surface area (Å²) >= 11 is 0. The molecular weight excluding hydrogens is 416 g/mol. The summed E-state index contributed by atoms with van der Waals surface area (Å²) < 4.78 is 4.41. The van der Waals surface area contributed by atoms with Gasteiger partial charge in [-0.3, -0.25) is 4.68 Å². The molecule has 0 bridgehead atoms. The van der Waals surface area contributed by atoms with E-state index in [0.29, 0.717) is 0 Å². The highest BCUT2D eigenvalue weighted by Gasteiger charge is 2.45. The lowest BCUT2D eigenvalue weighted by Crippen LogP contribution is -2.34. The Balaban J connectivity index is 0.000000340. The fourth-order valence-electron chi connectivity index (χ4n) is 3.76. The summed E-state index contributed by atoms with van der Waals surface area (Å²) in [5.74, 6) is 0. The molecule has 0 aromatic carbocycles. The zero-order valence-corrected chi connectivity index (χ0v) is 26.0. The van der Waals surface area contributed by atoms with Gasteiger partial charge in [0, 0.05) is 48.8 Å². The van der Waals surface area contributed by atoms with Crippen LogP contribution in [0.5, 0.6) is 0 Å². The van der Waals surface area contributed by atoms with E-state index in [0.717, 1.165) is 0 Å². The monoisotopic (exact) mass is 473 g/mol. The van der Waals surface area contributed by atoms with Crippen molar-refractivity contribution in [1.82, 2.24) is 9.78 Å². The summed E-state index contributed by atoms with van der Waals surface area (Å²) in [5.41, 5.74) is 4.51. The minimum atomic E-state index is 0.0338. The van der Waals surface area contributed by atoms with Crippen molar-refractivity contribution >= 4 is 0 Å². The molecule has 1 unspecified atom stereocenters. The largest absolute Gasteiger partial charge is 0.264 e. The summed E-state index contributed by atoms with van der Waals surface area (Å²) in [6.07, 6.45) is 2.35. The van der Waals surface area contributed by atoms with Crippen LogP contribution < -0.4 is 0 Å². The van der Waals surface area contributed by atoms with Crippen molar-refractivity contribution < 1.29 is 4.70 Å².